The fraction of sp³-hybridized carbons (Fsp3) is 0.462. The van der Waals surface area contributed by atoms with Crippen molar-refractivity contribution < 1.29 is 18.7 Å². The molecule has 0 aromatic heterocycles. The van der Waals surface area contributed by atoms with E-state index in [1.807, 2.05) is 4.90 Å². The van der Waals surface area contributed by atoms with Crippen LogP contribution in [0.4, 0.5) is 8.78 Å². The van der Waals surface area contributed by atoms with Gasteiger partial charge in [-0.25, -0.2) is 8.78 Å². The van der Waals surface area contributed by atoms with Crippen LogP contribution in [0.3, 0.4) is 0 Å². The predicted octanol–water partition coefficient (Wildman–Crippen LogP) is 2.26. The average molecular weight is 255 g/mol. The van der Waals surface area contributed by atoms with Crippen molar-refractivity contribution >= 4 is 5.97 Å². The number of halogens is 2. The van der Waals surface area contributed by atoms with Gasteiger partial charge in [-0.2, -0.15) is 0 Å². The third kappa shape index (κ3) is 2.85. The highest BCUT2D eigenvalue weighted by Gasteiger charge is 2.25. The molecule has 1 aliphatic heterocycles. The van der Waals surface area contributed by atoms with E-state index in [9.17, 15) is 13.6 Å². The number of benzene rings is 1. The van der Waals surface area contributed by atoms with Crippen LogP contribution in [-0.4, -0.2) is 29.1 Å². The minimum Gasteiger partial charge on any atom is -0.481 e. The molecule has 0 spiro atoms. The molecule has 1 unspecified atom stereocenters. The van der Waals surface area contributed by atoms with Crippen LogP contribution < -0.4 is 0 Å². The third-order valence-corrected chi connectivity index (χ3v) is 3.28. The first-order chi connectivity index (χ1) is 8.58. The molecule has 0 amide bonds. The lowest BCUT2D eigenvalue weighted by atomic mass is 9.98. The van der Waals surface area contributed by atoms with Crippen LogP contribution >= 0.6 is 0 Å². The van der Waals surface area contributed by atoms with Crippen LogP contribution in [0.1, 0.15) is 18.4 Å². The van der Waals surface area contributed by atoms with Gasteiger partial charge in [0, 0.05) is 18.7 Å². The molecule has 1 fully saturated rings. The topological polar surface area (TPSA) is 40.5 Å². The summed E-state index contributed by atoms with van der Waals surface area (Å²) in [6, 6.07) is 4.07. The van der Waals surface area contributed by atoms with Crippen LogP contribution in [0, 0.1) is 17.6 Å². The Hall–Kier alpha value is -1.49. The average Bonchev–Trinajstić information content (AvgIpc) is 2.35. The van der Waals surface area contributed by atoms with Gasteiger partial charge in [-0.3, -0.25) is 9.69 Å². The zero-order chi connectivity index (χ0) is 13.1. The summed E-state index contributed by atoms with van der Waals surface area (Å²) < 4.78 is 26.5. The molecule has 18 heavy (non-hydrogen) atoms. The Morgan fingerprint density at radius 2 is 2.22 bits per heavy atom. The van der Waals surface area contributed by atoms with Gasteiger partial charge >= 0.3 is 5.97 Å². The summed E-state index contributed by atoms with van der Waals surface area (Å²) in [7, 11) is 0. The Morgan fingerprint density at radius 3 is 2.94 bits per heavy atom. The Labute approximate surface area is 104 Å². The van der Waals surface area contributed by atoms with Crippen LogP contribution in [0.15, 0.2) is 18.2 Å². The van der Waals surface area contributed by atoms with Crippen LogP contribution in [0.5, 0.6) is 0 Å². The molecule has 0 aliphatic carbocycles. The zero-order valence-electron chi connectivity index (χ0n) is 9.90. The van der Waals surface area contributed by atoms with Gasteiger partial charge in [0.15, 0.2) is 11.6 Å². The molecule has 1 saturated heterocycles. The summed E-state index contributed by atoms with van der Waals surface area (Å²) >= 11 is 0. The predicted molar refractivity (Wildman–Crippen MR) is 62.0 cm³/mol. The Morgan fingerprint density at radius 1 is 1.44 bits per heavy atom. The number of carbonyl (C=O) groups is 1. The van der Waals surface area contributed by atoms with Crippen molar-refractivity contribution in [2.75, 3.05) is 13.1 Å². The number of aliphatic carboxylic acids is 1. The van der Waals surface area contributed by atoms with E-state index in [1.54, 1.807) is 0 Å². The quantitative estimate of drug-likeness (QED) is 0.900. The number of piperidine rings is 1. The summed E-state index contributed by atoms with van der Waals surface area (Å²) in [4.78, 5) is 12.8. The SMILES string of the molecule is O=C(O)C1CCCN(Cc2cccc(F)c2F)C1. The summed E-state index contributed by atoms with van der Waals surface area (Å²) in [5.74, 6) is -2.93. The second-order valence-corrected chi connectivity index (χ2v) is 4.63. The highest BCUT2D eigenvalue weighted by Crippen LogP contribution is 2.20. The zero-order valence-corrected chi connectivity index (χ0v) is 9.90. The number of hydrogen-bond donors (Lipinski definition) is 1. The molecule has 1 aromatic carbocycles. The number of nitrogens with zero attached hydrogens (tertiary/aromatic N) is 1. The lowest BCUT2D eigenvalue weighted by Gasteiger charge is -2.30. The number of rotatable bonds is 3. The van der Waals surface area contributed by atoms with Gasteiger partial charge in [-0.15, -0.1) is 0 Å². The number of hydrogen-bond acceptors (Lipinski definition) is 2. The fourth-order valence-corrected chi connectivity index (χ4v) is 2.31. The number of carboxylic acid groups (broad SMARTS) is 1. The van der Waals surface area contributed by atoms with Gasteiger partial charge in [0.25, 0.3) is 0 Å². The summed E-state index contributed by atoms with van der Waals surface area (Å²) in [5, 5.41) is 8.96. The Balaban J connectivity index is 2.05. The molecule has 1 heterocycles. The maximum absolute atomic E-state index is 13.5. The van der Waals surface area contributed by atoms with E-state index in [0.29, 0.717) is 13.0 Å². The third-order valence-electron chi connectivity index (χ3n) is 3.28. The van der Waals surface area contributed by atoms with E-state index in [1.165, 1.54) is 12.1 Å². The molecule has 3 nitrogen and oxygen atoms in total. The molecule has 1 aromatic rings. The number of carboxylic acids is 1. The summed E-state index contributed by atoms with van der Waals surface area (Å²) in [6.07, 6.45) is 1.42. The van der Waals surface area contributed by atoms with E-state index in [-0.39, 0.29) is 12.1 Å². The van der Waals surface area contributed by atoms with Gasteiger partial charge in [0.1, 0.15) is 0 Å². The summed E-state index contributed by atoms with van der Waals surface area (Å²) in [5.41, 5.74) is 0.279. The molecule has 0 saturated carbocycles. The largest absolute Gasteiger partial charge is 0.481 e. The molecule has 0 bridgehead atoms. The fourth-order valence-electron chi connectivity index (χ4n) is 2.31. The lowest BCUT2D eigenvalue weighted by molar-refractivity contribution is -0.143. The normalized spacial score (nSPS) is 20.9. The standard InChI is InChI=1S/C13H15F2NO2/c14-11-5-1-3-9(12(11)15)7-16-6-2-4-10(8-16)13(17)18/h1,3,5,10H,2,4,6-8H2,(H,17,18). The van der Waals surface area contributed by atoms with Crippen LogP contribution in [0.2, 0.25) is 0 Å². The molecule has 1 N–H and O–H groups in total. The molecule has 5 heteroatoms. The van der Waals surface area contributed by atoms with Crippen molar-refractivity contribution in [2.24, 2.45) is 5.92 Å². The maximum Gasteiger partial charge on any atom is 0.307 e. The first-order valence-corrected chi connectivity index (χ1v) is 5.96. The van der Waals surface area contributed by atoms with E-state index in [2.05, 4.69) is 0 Å². The molecule has 0 radical (unpaired) electrons. The lowest BCUT2D eigenvalue weighted by Crippen LogP contribution is -2.38. The Kier molecular flexibility index (Phi) is 3.91. The second-order valence-electron chi connectivity index (χ2n) is 4.63. The van der Waals surface area contributed by atoms with Crippen molar-refractivity contribution in [1.82, 2.24) is 4.90 Å². The van der Waals surface area contributed by atoms with Gasteiger partial charge in [-0.1, -0.05) is 12.1 Å². The van der Waals surface area contributed by atoms with Crippen molar-refractivity contribution in [3.8, 4) is 0 Å². The van der Waals surface area contributed by atoms with E-state index < -0.39 is 23.5 Å². The first kappa shape index (κ1) is 13.0. The van der Waals surface area contributed by atoms with E-state index in [0.717, 1.165) is 19.0 Å². The van der Waals surface area contributed by atoms with E-state index >= 15 is 0 Å². The molecular formula is C13H15F2NO2. The first-order valence-electron chi connectivity index (χ1n) is 5.96. The van der Waals surface area contributed by atoms with Gasteiger partial charge in [-0.05, 0) is 25.5 Å². The van der Waals surface area contributed by atoms with Crippen LogP contribution in [-0.2, 0) is 11.3 Å². The van der Waals surface area contributed by atoms with E-state index in [4.69, 9.17) is 5.11 Å². The molecule has 98 valence electrons. The molecule has 2 rings (SSSR count). The summed E-state index contributed by atoms with van der Waals surface area (Å²) in [6.45, 7) is 1.37. The van der Waals surface area contributed by atoms with Gasteiger partial charge in [0.2, 0.25) is 0 Å². The number of likely N-dealkylation sites (tertiary alicyclic amines) is 1. The smallest absolute Gasteiger partial charge is 0.307 e. The molecule has 1 aliphatic rings. The van der Waals surface area contributed by atoms with Gasteiger partial charge in [0.05, 0.1) is 5.92 Å². The van der Waals surface area contributed by atoms with Crippen LogP contribution in [0.25, 0.3) is 0 Å². The monoisotopic (exact) mass is 255 g/mol. The maximum atomic E-state index is 13.5. The highest BCUT2D eigenvalue weighted by molar-refractivity contribution is 5.70. The highest BCUT2D eigenvalue weighted by atomic mass is 19.2. The van der Waals surface area contributed by atoms with Crippen molar-refractivity contribution in [2.45, 2.75) is 19.4 Å². The van der Waals surface area contributed by atoms with Gasteiger partial charge < -0.3 is 5.11 Å². The second kappa shape index (κ2) is 5.44. The Bertz CT molecular complexity index is 451. The minimum atomic E-state index is -0.862. The molecular weight excluding hydrogens is 240 g/mol. The molecule has 1 atom stereocenters. The van der Waals surface area contributed by atoms with Crippen molar-refractivity contribution in [3.63, 3.8) is 0 Å². The van der Waals surface area contributed by atoms with Crippen molar-refractivity contribution in [3.05, 3.63) is 35.4 Å². The minimum absolute atomic E-state index is 0.257. The van der Waals surface area contributed by atoms with Crippen molar-refractivity contribution in [1.29, 1.82) is 0 Å².